The first kappa shape index (κ1) is 22.7. The molecule has 0 amide bonds. The van der Waals surface area contributed by atoms with Gasteiger partial charge in [-0.15, -0.1) is 0 Å². The number of Topliss-reactive ketones (excluding diaryl/α,β-unsaturated/α-hetero) is 1. The van der Waals surface area contributed by atoms with Gasteiger partial charge >= 0.3 is 6.18 Å². The Morgan fingerprint density at radius 3 is 2.55 bits per heavy atom. The highest BCUT2D eigenvalue weighted by Crippen LogP contribution is 2.34. The highest BCUT2D eigenvalue weighted by atomic mass is 32.2. The van der Waals surface area contributed by atoms with E-state index in [0.29, 0.717) is 30.3 Å². The predicted octanol–water partition coefficient (Wildman–Crippen LogP) is 3.92. The third-order valence-corrected chi connectivity index (χ3v) is 6.23. The maximum Gasteiger partial charge on any atom is 0.421 e. The number of sulfone groups is 1. The Morgan fingerprint density at radius 1 is 1.06 bits per heavy atom. The number of rotatable bonds is 6. The molecule has 172 valence electrons. The lowest BCUT2D eigenvalue weighted by Gasteiger charge is -2.15. The Labute approximate surface area is 188 Å². The number of hydrogen-bond acceptors (Lipinski definition) is 7. The molecule has 7 nitrogen and oxygen atoms in total. The number of ketones is 1. The fourth-order valence-electron chi connectivity index (χ4n) is 3.51. The molecule has 11 heteroatoms. The first-order chi connectivity index (χ1) is 15.5. The number of aromatic nitrogens is 2. The Morgan fingerprint density at radius 2 is 1.82 bits per heavy atom. The predicted molar refractivity (Wildman–Crippen MR) is 116 cm³/mol. The summed E-state index contributed by atoms with van der Waals surface area (Å²) in [4.78, 5) is 19.5. The first-order valence-electron chi connectivity index (χ1n) is 9.87. The van der Waals surface area contributed by atoms with Gasteiger partial charge in [-0.25, -0.2) is 13.4 Å². The van der Waals surface area contributed by atoms with Crippen LogP contribution in [0.3, 0.4) is 0 Å². The number of benzene rings is 2. The van der Waals surface area contributed by atoms with Crippen molar-refractivity contribution in [2.75, 3.05) is 16.9 Å². The van der Waals surface area contributed by atoms with Crippen LogP contribution in [0.25, 0.3) is 0 Å². The number of fused-ring (bicyclic) bond motifs is 1. The van der Waals surface area contributed by atoms with E-state index in [0.717, 1.165) is 17.4 Å². The van der Waals surface area contributed by atoms with Crippen LogP contribution >= 0.6 is 0 Å². The zero-order valence-electron chi connectivity index (χ0n) is 17.4. The van der Waals surface area contributed by atoms with Crippen molar-refractivity contribution < 1.29 is 26.4 Å². The quantitative estimate of drug-likeness (QED) is 0.556. The van der Waals surface area contributed by atoms with E-state index in [2.05, 4.69) is 20.6 Å². The fraction of sp³-hybridized carbons (Fsp3) is 0.227. The van der Waals surface area contributed by atoms with E-state index in [9.17, 15) is 26.4 Å². The fourth-order valence-corrected chi connectivity index (χ4v) is 4.20. The summed E-state index contributed by atoms with van der Waals surface area (Å²) < 4.78 is 63.9. The van der Waals surface area contributed by atoms with Gasteiger partial charge in [-0.3, -0.25) is 4.79 Å². The second kappa shape index (κ2) is 8.47. The minimum Gasteiger partial charge on any atom is -0.365 e. The smallest absolute Gasteiger partial charge is 0.365 e. The molecule has 2 aromatic carbocycles. The zero-order chi connectivity index (χ0) is 23.8. The van der Waals surface area contributed by atoms with Crippen LogP contribution in [0.1, 0.15) is 22.3 Å². The van der Waals surface area contributed by atoms with Crippen LogP contribution in [0, 0.1) is 0 Å². The van der Waals surface area contributed by atoms with Crippen LogP contribution in [0.2, 0.25) is 0 Å². The van der Waals surface area contributed by atoms with Gasteiger partial charge in [0.15, 0.2) is 9.84 Å². The Hall–Kier alpha value is -3.47. The lowest BCUT2D eigenvalue weighted by molar-refractivity contribution is -0.137. The topological polar surface area (TPSA) is 101 Å². The van der Waals surface area contributed by atoms with Gasteiger partial charge < -0.3 is 10.6 Å². The van der Waals surface area contributed by atoms with Gasteiger partial charge in [0.25, 0.3) is 0 Å². The molecule has 2 N–H and O–H groups in total. The van der Waals surface area contributed by atoms with Crippen LogP contribution < -0.4 is 10.6 Å². The lowest BCUT2D eigenvalue weighted by atomic mass is 10.1. The van der Waals surface area contributed by atoms with Crippen LogP contribution in [0.4, 0.5) is 30.6 Å². The molecule has 33 heavy (non-hydrogen) atoms. The van der Waals surface area contributed by atoms with Crippen molar-refractivity contribution in [3.63, 3.8) is 0 Å². The number of nitrogens with zero attached hydrogens (tertiary/aromatic N) is 2. The van der Waals surface area contributed by atoms with Gasteiger partial charge in [0.2, 0.25) is 5.95 Å². The molecule has 1 aliphatic rings. The van der Waals surface area contributed by atoms with Crippen LogP contribution in [0.15, 0.2) is 53.6 Å². The molecular weight excluding hydrogens is 457 g/mol. The van der Waals surface area contributed by atoms with Crippen molar-refractivity contribution in [1.82, 2.24) is 9.97 Å². The highest BCUT2D eigenvalue weighted by Gasteiger charge is 2.35. The monoisotopic (exact) mass is 476 g/mol. The average molecular weight is 476 g/mol. The Bertz CT molecular complexity index is 1340. The largest absolute Gasteiger partial charge is 0.421 e. The van der Waals surface area contributed by atoms with Crippen LogP contribution in [0.5, 0.6) is 0 Å². The van der Waals surface area contributed by atoms with Gasteiger partial charge in [0, 0.05) is 37.5 Å². The third kappa shape index (κ3) is 5.30. The summed E-state index contributed by atoms with van der Waals surface area (Å²) in [5.74, 6) is -0.389. The summed E-state index contributed by atoms with van der Waals surface area (Å²) in [6.45, 7) is -0.0795. The summed E-state index contributed by atoms with van der Waals surface area (Å²) in [5.41, 5.74) is 1.77. The second-order valence-electron chi connectivity index (χ2n) is 7.73. The summed E-state index contributed by atoms with van der Waals surface area (Å²) >= 11 is 0. The van der Waals surface area contributed by atoms with Gasteiger partial charge in [0.1, 0.15) is 17.2 Å². The Balaban J connectivity index is 1.58. The molecule has 0 saturated heterocycles. The van der Waals surface area contributed by atoms with E-state index in [4.69, 9.17) is 0 Å². The Kier molecular flexibility index (Phi) is 5.83. The molecule has 0 radical (unpaired) electrons. The molecule has 0 aliphatic heterocycles. The molecule has 3 aromatic rings. The number of alkyl halides is 3. The molecule has 0 bridgehead atoms. The molecule has 0 unspecified atom stereocenters. The van der Waals surface area contributed by atoms with E-state index in [1.54, 1.807) is 24.3 Å². The minimum absolute atomic E-state index is 0.0559. The van der Waals surface area contributed by atoms with Crippen molar-refractivity contribution in [3.05, 3.63) is 70.9 Å². The standard InChI is InChI=1S/C22H19F3N4O3S/c1-33(31,32)18-4-2-3-13(7-18)11-26-20-19(22(23,24)25)12-27-21(29-20)28-16-6-5-14-9-17(30)10-15(14)8-16/h2-8,12H,9-11H2,1H3,(H2,26,27,28,29). The molecule has 1 heterocycles. The van der Waals surface area contributed by atoms with E-state index in [1.165, 1.54) is 18.2 Å². The summed E-state index contributed by atoms with van der Waals surface area (Å²) in [6.07, 6.45) is -2.26. The summed E-state index contributed by atoms with van der Waals surface area (Å²) in [6, 6.07) is 11.2. The molecular formula is C22H19F3N4O3S. The number of anilines is 3. The average Bonchev–Trinajstić information content (AvgIpc) is 3.10. The van der Waals surface area contributed by atoms with E-state index in [1.807, 2.05) is 0 Å². The van der Waals surface area contributed by atoms with Gasteiger partial charge in [0.05, 0.1) is 4.90 Å². The number of halogens is 3. The zero-order valence-corrected chi connectivity index (χ0v) is 18.2. The van der Waals surface area contributed by atoms with Crippen molar-refractivity contribution in [2.24, 2.45) is 0 Å². The first-order valence-corrected chi connectivity index (χ1v) is 11.8. The normalized spacial score (nSPS) is 13.6. The van der Waals surface area contributed by atoms with Crippen LogP contribution in [-0.4, -0.2) is 30.4 Å². The van der Waals surface area contributed by atoms with E-state index in [-0.39, 0.29) is 23.2 Å². The molecule has 0 fully saturated rings. The maximum atomic E-state index is 13.5. The van der Waals surface area contributed by atoms with Gasteiger partial charge in [-0.2, -0.15) is 18.2 Å². The SMILES string of the molecule is CS(=O)(=O)c1cccc(CNc2nc(Nc3ccc4c(c3)CC(=O)C4)ncc2C(F)(F)F)c1. The summed E-state index contributed by atoms with van der Waals surface area (Å²) in [7, 11) is -3.45. The molecule has 1 aromatic heterocycles. The maximum absolute atomic E-state index is 13.5. The van der Waals surface area contributed by atoms with Crippen molar-refractivity contribution in [2.45, 2.75) is 30.5 Å². The molecule has 1 aliphatic carbocycles. The van der Waals surface area contributed by atoms with Crippen molar-refractivity contribution in [1.29, 1.82) is 0 Å². The second-order valence-corrected chi connectivity index (χ2v) is 9.74. The highest BCUT2D eigenvalue weighted by molar-refractivity contribution is 7.90. The number of hydrogen-bond donors (Lipinski definition) is 2. The minimum atomic E-state index is -4.69. The van der Waals surface area contributed by atoms with E-state index < -0.39 is 27.4 Å². The molecule has 0 saturated carbocycles. The molecule has 0 spiro atoms. The summed E-state index contributed by atoms with van der Waals surface area (Å²) in [5, 5.41) is 5.51. The van der Waals surface area contributed by atoms with E-state index >= 15 is 0 Å². The number of carbonyl (C=O) groups is 1. The van der Waals surface area contributed by atoms with Crippen molar-refractivity contribution >= 4 is 33.1 Å². The third-order valence-electron chi connectivity index (χ3n) is 5.12. The van der Waals surface area contributed by atoms with Gasteiger partial charge in [-0.1, -0.05) is 18.2 Å². The number of nitrogens with one attached hydrogen (secondary N) is 2. The van der Waals surface area contributed by atoms with Crippen molar-refractivity contribution in [3.8, 4) is 0 Å². The molecule has 0 atom stereocenters. The lowest BCUT2D eigenvalue weighted by Crippen LogP contribution is -2.14. The van der Waals surface area contributed by atoms with Crippen LogP contribution in [-0.2, 0) is 40.2 Å². The molecule has 4 rings (SSSR count). The van der Waals surface area contributed by atoms with Gasteiger partial charge in [-0.05, 0) is 41.0 Å². The number of carbonyl (C=O) groups excluding carboxylic acids is 1.